The number of aromatic nitrogens is 3. The molecule has 3 heterocycles. The number of imidazole rings is 1. The molecule has 0 saturated heterocycles. The molecule has 3 aromatic heterocycles. The van der Waals surface area contributed by atoms with Gasteiger partial charge in [-0.1, -0.05) is 120 Å². The molecular formula is C47H27N3Pt. The van der Waals surface area contributed by atoms with Crippen LogP contribution in [0.4, 0.5) is 0 Å². The van der Waals surface area contributed by atoms with Gasteiger partial charge in [0.15, 0.2) is 0 Å². The summed E-state index contributed by atoms with van der Waals surface area (Å²) in [6.07, 6.45) is 1.96. The van der Waals surface area contributed by atoms with E-state index in [0.29, 0.717) is 0 Å². The van der Waals surface area contributed by atoms with Crippen LogP contribution in [-0.2, 0) is 26.5 Å². The van der Waals surface area contributed by atoms with E-state index in [4.69, 9.17) is 9.97 Å². The zero-order valence-corrected chi connectivity index (χ0v) is 29.5. The van der Waals surface area contributed by atoms with Gasteiger partial charge in [-0.2, -0.15) is 0 Å². The smallest absolute Gasteiger partial charge is 0.333 e. The zero-order valence-electron chi connectivity index (χ0n) is 27.2. The monoisotopic (exact) mass is 828 g/mol. The zero-order chi connectivity index (χ0) is 32.8. The van der Waals surface area contributed by atoms with Crippen LogP contribution in [0.2, 0.25) is 0 Å². The number of hydrogen-bond donors (Lipinski definition) is 0. The molecule has 1 aliphatic rings. The molecule has 11 rings (SSSR count). The van der Waals surface area contributed by atoms with Crippen molar-refractivity contribution in [1.29, 1.82) is 0 Å². The van der Waals surface area contributed by atoms with Crippen LogP contribution in [0.3, 0.4) is 0 Å². The van der Waals surface area contributed by atoms with E-state index in [2.05, 4.69) is 174 Å². The first-order chi connectivity index (χ1) is 24.8. The van der Waals surface area contributed by atoms with Gasteiger partial charge in [-0.25, -0.2) is 0 Å². The van der Waals surface area contributed by atoms with Crippen LogP contribution < -0.4 is 0 Å². The van der Waals surface area contributed by atoms with Gasteiger partial charge in [0.1, 0.15) is 0 Å². The molecule has 0 amide bonds. The van der Waals surface area contributed by atoms with E-state index in [1.165, 1.54) is 27.6 Å². The topological polar surface area (TPSA) is 30.2 Å². The van der Waals surface area contributed by atoms with Gasteiger partial charge >= 0.3 is 21.1 Å². The van der Waals surface area contributed by atoms with Crippen LogP contribution in [0.1, 0.15) is 22.3 Å². The quantitative estimate of drug-likeness (QED) is 0.131. The molecular weight excluding hydrogens is 802 g/mol. The van der Waals surface area contributed by atoms with E-state index in [1.54, 1.807) is 0 Å². The Morgan fingerprint density at radius 1 is 0.529 bits per heavy atom. The molecule has 0 unspecified atom stereocenters. The van der Waals surface area contributed by atoms with Gasteiger partial charge in [-0.3, -0.25) is 4.98 Å². The Morgan fingerprint density at radius 3 is 2.02 bits per heavy atom. The maximum Gasteiger partial charge on any atom is 2.00 e. The molecule has 4 heteroatoms. The second-order valence-electron chi connectivity index (χ2n) is 13.2. The molecule has 51 heavy (non-hydrogen) atoms. The molecule has 3 nitrogen and oxygen atoms in total. The minimum absolute atomic E-state index is 0. The number of para-hydroxylation sites is 3. The number of pyridine rings is 2. The third-order valence-corrected chi connectivity index (χ3v) is 10.6. The van der Waals surface area contributed by atoms with Crippen LogP contribution in [0.15, 0.2) is 164 Å². The van der Waals surface area contributed by atoms with Crippen molar-refractivity contribution in [3.8, 4) is 22.4 Å². The molecule has 0 aliphatic heterocycles. The summed E-state index contributed by atoms with van der Waals surface area (Å²) < 4.78 is 2.30. The van der Waals surface area contributed by atoms with E-state index >= 15 is 0 Å². The molecule has 0 radical (unpaired) electrons. The number of hydrogen-bond acceptors (Lipinski definition) is 2. The fraction of sp³-hybridized carbons (Fsp3) is 0.0213. The van der Waals surface area contributed by atoms with Crippen molar-refractivity contribution >= 4 is 49.1 Å². The molecule has 0 fully saturated rings. The summed E-state index contributed by atoms with van der Waals surface area (Å²) >= 11 is 0. The van der Waals surface area contributed by atoms with Gasteiger partial charge in [0.2, 0.25) is 0 Å². The molecule has 0 atom stereocenters. The molecule has 0 saturated carbocycles. The first kappa shape index (κ1) is 30.0. The van der Waals surface area contributed by atoms with Crippen molar-refractivity contribution in [1.82, 2.24) is 14.4 Å². The van der Waals surface area contributed by atoms with Crippen LogP contribution in [0.5, 0.6) is 0 Å². The van der Waals surface area contributed by atoms with Crippen LogP contribution in [-0.4, -0.2) is 14.4 Å². The summed E-state index contributed by atoms with van der Waals surface area (Å²) in [5.41, 5.74) is 12.3. The van der Waals surface area contributed by atoms with Crippen molar-refractivity contribution in [3.05, 3.63) is 198 Å². The van der Waals surface area contributed by atoms with E-state index in [1.807, 2.05) is 6.20 Å². The fourth-order valence-corrected chi connectivity index (χ4v) is 8.48. The second kappa shape index (κ2) is 11.3. The first-order valence-electron chi connectivity index (χ1n) is 17.0. The average Bonchev–Trinajstić information content (AvgIpc) is 3.73. The van der Waals surface area contributed by atoms with Crippen molar-refractivity contribution < 1.29 is 21.1 Å². The van der Waals surface area contributed by atoms with Gasteiger partial charge in [0, 0.05) is 17.1 Å². The van der Waals surface area contributed by atoms with Gasteiger partial charge in [0.25, 0.3) is 0 Å². The van der Waals surface area contributed by atoms with Crippen LogP contribution >= 0.6 is 0 Å². The molecule has 10 aromatic rings. The second-order valence-corrected chi connectivity index (χ2v) is 13.2. The molecule has 0 bridgehead atoms. The minimum atomic E-state index is -0.678. The van der Waals surface area contributed by atoms with Crippen molar-refractivity contribution in [2.75, 3.05) is 0 Å². The predicted octanol–water partition coefficient (Wildman–Crippen LogP) is 11.0. The van der Waals surface area contributed by atoms with Gasteiger partial charge < -0.3 is 9.38 Å². The average molecular weight is 829 g/mol. The van der Waals surface area contributed by atoms with E-state index in [0.717, 1.165) is 66.1 Å². The Labute approximate surface area is 309 Å². The Hall–Kier alpha value is -5.89. The standard InChI is InChI=1S/C47H27N3.Pt/c1-2-13-32-29-48-43(27-30(32)12-1)31-14-11-15-33(26-31)47(40-19-6-3-16-36(40)37-17-4-7-20-41(37)47)34-24-25-35-38-18-5-9-22-44(38)50-45-23-10-8-21-42(45)49-46(50)39(35)28-34;/h1-25,27,29H;/q-2;+2. The third-order valence-electron chi connectivity index (χ3n) is 10.6. The molecule has 1 aliphatic carbocycles. The van der Waals surface area contributed by atoms with Gasteiger partial charge in [-0.15, -0.1) is 59.2 Å². The summed E-state index contributed by atoms with van der Waals surface area (Å²) in [5, 5.41) is 5.61. The van der Waals surface area contributed by atoms with E-state index < -0.39 is 5.41 Å². The first-order valence-corrected chi connectivity index (χ1v) is 17.0. The SMILES string of the molecule is [Pt+2].[c-]1c(-c2cc3ccccc3cn2)cccc1C1(c2[c-]c3c(cc2)c2ccccc2n2c4ccccc4nc32)c2ccccc2-c2ccccc21. The Bertz CT molecular complexity index is 2970. The molecule has 7 aromatic carbocycles. The number of nitrogens with zero attached hydrogens (tertiary/aromatic N) is 3. The van der Waals surface area contributed by atoms with Gasteiger partial charge in [-0.05, 0) is 62.3 Å². The number of rotatable bonds is 3. The normalized spacial score (nSPS) is 13.1. The largest absolute Gasteiger partial charge is 2.00 e. The summed E-state index contributed by atoms with van der Waals surface area (Å²) in [6, 6.07) is 64.2. The van der Waals surface area contributed by atoms with Crippen LogP contribution in [0, 0.1) is 12.1 Å². The maximum absolute atomic E-state index is 5.24. The number of fused-ring (bicyclic) bond motifs is 12. The minimum Gasteiger partial charge on any atom is -0.333 e. The predicted molar refractivity (Wildman–Crippen MR) is 203 cm³/mol. The fourth-order valence-electron chi connectivity index (χ4n) is 8.48. The summed E-state index contributed by atoms with van der Waals surface area (Å²) in [7, 11) is 0. The van der Waals surface area contributed by atoms with Crippen LogP contribution in [0.25, 0.3) is 71.5 Å². The van der Waals surface area contributed by atoms with E-state index in [9.17, 15) is 0 Å². The summed E-state index contributed by atoms with van der Waals surface area (Å²) in [4.78, 5) is 10.1. The van der Waals surface area contributed by atoms with Crippen molar-refractivity contribution in [3.63, 3.8) is 0 Å². The Kier molecular flexibility index (Phi) is 6.65. The van der Waals surface area contributed by atoms with Gasteiger partial charge in [0.05, 0.1) is 16.7 Å². The number of benzene rings is 7. The Morgan fingerprint density at radius 2 is 1.20 bits per heavy atom. The maximum atomic E-state index is 5.24. The third kappa shape index (κ3) is 4.16. The molecule has 240 valence electrons. The van der Waals surface area contributed by atoms with Crippen molar-refractivity contribution in [2.45, 2.75) is 5.41 Å². The van der Waals surface area contributed by atoms with E-state index in [-0.39, 0.29) is 21.1 Å². The summed E-state index contributed by atoms with van der Waals surface area (Å²) in [5.74, 6) is 0. The Balaban J connectivity index is 0.00000327. The van der Waals surface area contributed by atoms with Crippen molar-refractivity contribution in [2.24, 2.45) is 0 Å². The summed E-state index contributed by atoms with van der Waals surface area (Å²) in [6.45, 7) is 0. The molecule has 0 N–H and O–H groups in total. The molecule has 0 spiro atoms.